The van der Waals surface area contributed by atoms with Crippen molar-refractivity contribution >= 4 is 22.8 Å². The maximum Gasteiger partial charge on any atom is 0.156 e. The van der Waals surface area contributed by atoms with Gasteiger partial charge in [-0.3, -0.25) is 4.40 Å². The number of nitrogens with zero attached hydrogens (tertiary/aromatic N) is 3. The first-order valence-corrected chi connectivity index (χ1v) is 11.3. The Morgan fingerprint density at radius 1 is 1.29 bits per heavy atom. The van der Waals surface area contributed by atoms with Gasteiger partial charge in [0.25, 0.3) is 0 Å². The van der Waals surface area contributed by atoms with Crippen LogP contribution in [0.4, 0.5) is 4.39 Å². The topological polar surface area (TPSA) is 79.8 Å². The van der Waals surface area contributed by atoms with Crippen molar-refractivity contribution in [3.63, 3.8) is 0 Å². The summed E-state index contributed by atoms with van der Waals surface area (Å²) >= 11 is 6.34. The van der Waals surface area contributed by atoms with Gasteiger partial charge in [-0.1, -0.05) is 23.7 Å². The monoisotopic (exact) mass is 489 g/mol. The van der Waals surface area contributed by atoms with Crippen LogP contribution in [0.1, 0.15) is 46.7 Å². The van der Waals surface area contributed by atoms with Crippen LogP contribution >= 0.6 is 11.6 Å². The first-order chi connectivity index (χ1) is 16.9. The molecule has 1 atom stereocenters. The predicted octanol–water partition coefficient (Wildman–Crippen LogP) is 5.59. The first kappa shape index (κ1) is 23.1. The zero-order chi connectivity index (χ0) is 24.7. The molecule has 4 aromatic rings. The van der Waals surface area contributed by atoms with Crippen LogP contribution in [0, 0.1) is 17.1 Å². The molecule has 8 heteroatoms. The minimum absolute atomic E-state index is 0.151. The van der Waals surface area contributed by atoms with Gasteiger partial charge >= 0.3 is 0 Å². The SMILES string of the molecule is COCc1nc2c(Cl)cccn2c1C(O)c1ccc2c(c1)COc1cc(F)ccc1C2=C(C)C#N. The molecule has 5 rings (SSSR count). The van der Waals surface area contributed by atoms with Crippen LogP contribution in [0.2, 0.25) is 5.02 Å². The fraction of sp³-hybridized carbons (Fsp3) is 0.185. The summed E-state index contributed by atoms with van der Waals surface area (Å²) in [5.74, 6) is -0.0524. The molecule has 0 spiro atoms. The molecule has 176 valence electrons. The Bertz CT molecular complexity index is 1540. The van der Waals surface area contributed by atoms with E-state index < -0.39 is 11.9 Å². The van der Waals surface area contributed by atoms with Crippen LogP contribution in [0.15, 0.2) is 60.3 Å². The van der Waals surface area contributed by atoms with Crippen molar-refractivity contribution in [2.24, 2.45) is 0 Å². The molecule has 0 amide bonds. The van der Waals surface area contributed by atoms with Gasteiger partial charge in [0.15, 0.2) is 5.65 Å². The fourth-order valence-corrected chi connectivity index (χ4v) is 4.73. The molecule has 1 N–H and O–H groups in total. The van der Waals surface area contributed by atoms with E-state index in [2.05, 4.69) is 11.1 Å². The minimum atomic E-state index is -1.04. The van der Waals surface area contributed by atoms with Crippen LogP contribution in [-0.4, -0.2) is 21.6 Å². The highest BCUT2D eigenvalue weighted by Gasteiger charge is 2.26. The first-order valence-electron chi connectivity index (χ1n) is 10.9. The highest BCUT2D eigenvalue weighted by atomic mass is 35.5. The number of allylic oxidation sites excluding steroid dienone is 1. The summed E-state index contributed by atoms with van der Waals surface area (Å²) in [7, 11) is 1.56. The molecule has 2 aromatic carbocycles. The van der Waals surface area contributed by atoms with E-state index in [4.69, 9.17) is 21.1 Å². The van der Waals surface area contributed by atoms with Crippen molar-refractivity contribution < 1.29 is 19.0 Å². The Morgan fingerprint density at radius 2 is 2.09 bits per heavy atom. The molecule has 0 saturated heterocycles. The zero-order valence-corrected chi connectivity index (χ0v) is 19.8. The number of aliphatic hydroxyl groups excluding tert-OH is 1. The summed E-state index contributed by atoms with van der Waals surface area (Å²) in [6.07, 6.45) is 0.757. The van der Waals surface area contributed by atoms with Crippen LogP contribution in [0.3, 0.4) is 0 Å². The van der Waals surface area contributed by atoms with Gasteiger partial charge in [0, 0.05) is 36.1 Å². The standard InChI is InChI=1S/C27H21ClFN3O3/c1-15(12-30)24-19-7-5-16(10-17(19)13-35-23-11-18(29)6-8-20(23)24)26(33)25-22(14-34-2)31-27-21(28)4-3-9-32(25)27/h3-11,26,33H,13-14H2,1-2H3. The molecule has 0 saturated carbocycles. The number of benzene rings is 2. The molecule has 0 bridgehead atoms. The number of pyridine rings is 1. The van der Waals surface area contributed by atoms with E-state index in [1.807, 2.05) is 18.2 Å². The van der Waals surface area contributed by atoms with E-state index in [-0.39, 0.29) is 13.2 Å². The maximum absolute atomic E-state index is 13.9. The largest absolute Gasteiger partial charge is 0.488 e. The number of methoxy groups -OCH3 is 1. The normalized spacial score (nSPS) is 15.0. The highest BCUT2D eigenvalue weighted by Crippen LogP contribution is 2.40. The van der Waals surface area contributed by atoms with Crippen molar-refractivity contribution in [3.05, 3.63) is 105 Å². The van der Waals surface area contributed by atoms with Gasteiger partial charge in [0.05, 0.1) is 29.1 Å². The molecule has 1 aliphatic heterocycles. The van der Waals surface area contributed by atoms with E-state index in [1.165, 1.54) is 12.1 Å². The van der Waals surface area contributed by atoms with Gasteiger partial charge in [-0.05, 0) is 53.9 Å². The van der Waals surface area contributed by atoms with Gasteiger partial charge < -0.3 is 14.6 Å². The summed E-state index contributed by atoms with van der Waals surface area (Å²) in [6, 6.07) is 15.5. The molecule has 6 nitrogen and oxygen atoms in total. The van der Waals surface area contributed by atoms with E-state index in [9.17, 15) is 14.8 Å². The van der Waals surface area contributed by atoms with Gasteiger partial charge in [-0.25, -0.2) is 9.37 Å². The van der Waals surface area contributed by atoms with E-state index in [0.717, 1.165) is 11.1 Å². The number of aliphatic hydroxyl groups is 1. The zero-order valence-electron chi connectivity index (χ0n) is 19.0. The third-order valence-corrected chi connectivity index (χ3v) is 6.40. The Kier molecular flexibility index (Phi) is 6.03. The molecule has 35 heavy (non-hydrogen) atoms. The lowest BCUT2D eigenvalue weighted by molar-refractivity contribution is 0.172. The van der Waals surface area contributed by atoms with E-state index in [0.29, 0.717) is 50.1 Å². The second-order valence-corrected chi connectivity index (χ2v) is 8.69. The fourth-order valence-electron chi connectivity index (χ4n) is 4.52. The number of ether oxygens (including phenoxy) is 2. The molecule has 1 aliphatic rings. The highest BCUT2D eigenvalue weighted by molar-refractivity contribution is 6.33. The number of fused-ring (bicyclic) bond motifs is 3. The third kappa shape index (κ3) is 3.96. The van der Waals surface area contributed by atoms with Crippen molar-refractivity contribution in [1.82, 2.24) is 9.38 Å². The summed E-state index contributed by atoms with van der Waals surface area (Å²) in [6.45, 7) is 2.07. The van der Waals surface area contributed by atoms with Crippen molar-refractivity contribution in [2.45, 2.75) is 26.2 Å². The van der Waals surface area contributed by atoms with Gasteiger partial charge in [0.1, 0.15) is 24.3 Å². The van der Waals surface area contributed by atoms with Gasteiger partial charge in [-0.15, -0.1) is 0 Å². The number of hydrogen-bond donors (Lipinski definition) is 1. The van der Waals surface area contributed by atoms with Crippen LogP contribution in [-0.2, 0) is 18.0 Å². The molecule has 2 aromatic heterocycles. The minimum Gasteiger partial charge on any atom is -0.488 e. The molecule has 0 fully saturated rings. The maximum atomic E-state index is 13.9. The number of imidazole rings is 1. The van der Waals surface area contributed by atoms with Crippen molar-refractivity contribution in [3.8, 4) is 11.8 Å². The number of aromatic nitrogens is 2. The average Bonchev–Trinajstić information content (AvgIpc) is 3.15. The quantitative estimate of drug-likeness (QED) is 0.378. The summed E-state index contributed by atoms with van der Waals surface area (Å²) < 4.78 is 26.9. The van der Waals surface area contributed by atoms with Gasteiger partial charge in [-0.2, -0.15) is 5.26 Å². The summed E-state index contributed by atoms with van der Waals surface area (Å²) in [4.78, 5) is 4.57. The van der Waals surface area contributed by atoms with E-state index >= 15 is 0 Å². The Morgan fingerprint density at radius 3 is 2.86 bits per heavy atom. The van der Waals surface area contributed by atoms with E-state index in [1.54, 1.807) is 42.8 Å². The lowest BCUT2D eigenvalue weighted by Crippen LogP contribution is -2.09. The number of hydrogen-bond acceptors (Lipinski definition) is 5. The average molecular weight is 490 g/mol. The second-order valence-electron chi connectivity index (χ2n) is 8.29. The number of nitriles is 1. The van der Waals surface area contributed by atoms with Crippen molar-refractivity contribution in [2.75, 3.05) is 7.11 Å². The molecule has 0 aliphatic carbocycles. The number of rotatable bonds is 4. The molecular weight excluding hydrogens is 469 g/mol. The Hall–Kier alpha value is -3.70. The van der Waals surface area contributed by atoms with Crippen molar-refractivity contribution in [1.29, 1.82) is 5.26 Å². The van der Waals surface area contributed by atoms with Crippen LogP contribution < -0.4 is 4.74 Å². The number of halogens is 2. The molecule has 3 heterocycles. The molecule has 0 radical (unpaired) electrons. The second kappa shape index (κ2) is 9.16. The molecular formula is C27H21ClFN3O3. The van der Waals surface area contributed by atoms with Crippen LogP contribution in [0.5, 0.6) is 5.75 Å². The summed E-state index contributed by atoms with van der Waals surface area (Å²) in [5, 5.41) is 21.6. The lowest BCUT2D eigenvalue weighted by atomic mass is 9.89. The molecule has 1 unspecified atom stereocenters. The third-order valence-electron chi connectivity index (χ3n) is 6.11. The van der Waals surface area contributed by atoms with Crippen LogP contribution in [0.25, 0.3) is 11.2 Å². The predicted molar refractivity (Wildman–Crippen MR) is 129 cm³/mol. The summed E-state index contributed by atoms with van der Waals surface area (Å²) in [5.41, 5.74) is 5.63. The van der Waals surface area contributed by atoms with Gasteiger partial charge in [0.2, 0.25) is 0 Å². The lowest BCUT2D eigenvalue weighted by Gasteiger charge is -2.17. The Labute approximate surface area is 206 Å². The smallest absolute Gasteiger partial charge is 0.156 e. The Balaban J connectivity index is 1.65.